The summed E-state index contributed by atoms with van der Waals surface area (Å²) in [5.74, 6) is -0.248. The van der Waals surface area contributed by atoms with Crippen LogP contribution in [0.4, 0.5) is 0 Å². The molecule has 4 atom stereocenters. The van der Waals surface area contributed by atoms with Crippen LogP contribution in [0.25, 0.3) is 0 Å². The summed E-state index contributed by atoms with van der Waals surface area (Å²) in [5, 5.41) is 23.6. The van der Waals surface area contributed by atoms with Crippen LogP contribution in [-0.2, 0) is 18.4 Å². The number of phosphoric ester groups is 1. The lowest BCUT2D eigenvalue weighted by molar-refractivity contribution is -0.870. The van der Waals surface area contributed by atoms with Gasteiger partial charge in [0.1, 0.15) is 13.2 Å². The number of aliphatic hydroxyl groups excluding tert-OH is 2. The van der Waals surface area contributed by atoms with Gasteiger partial charge in [0.25, 0.3) is 0 Å². The lowest BCUT2D eigenvalue weighted by atomic mass is 10.0. The Morgan fingerprint density at radius 1 is 0.655 bits per heavy atom. The molecule has 0 aliphatic rings. The number of nitrogens with one attached hydrogen (secondary N) is 1. The van der Waals surface area contributed by atoms with Crippen LogP contribution in [0.5, 0.6) is 0 Å². The van der Waals surface area contributed by atoms with Crippen LogP contribution in [0.2, 0.25) is 0 Å². The average molecular weight is 796 g/mol. The summed E-state index contributed by atoms with van der Waals surface area (Å²) >= 11 is 0. The van der Waals surface area contributed by atoms with Gasteiger partial charge in [-0.25, -0.2) is 4.57 Å². The fourth-order valence-corrected chi connectivity index (χ4v) is 6.49. The molecule has 0 spiro atoms. The summed E-state index contributed by atoms with van der Waals surface area (Å²) in [6.45, 7) is 4.59. The second-order valence-corrected chi connectivity index (χ2v) is 17.3. The van der Waals surface area contributed by atoms with Crippen LogP contribution in [0.15, 0.2) is 60.8 Å². The van der Waals surface area contributed by atoms with Crippen LogP contribution in [0.1, 0.15) is 162 Å². The number of rotatable bonds is 38. The van der Waals surface area contributed by atoms with Crippen molar-refractivity contribution >= 4 is 13.7 Å². The maximum absolute atomic E-state index is 12.8. The second-order valence-electron chi connectivity index (χ2n) is 15.9. The van der Waals surface area contributed by atoms with Gasteiger partial charge < -0.3 is 24.9 Å². The van der Waals surface area contributed by atoms with Crippen molar-refractivity contribution in [3.63, 3.8) is 0 Å². The van der Waals surface area contributed by atoms with Crippen LogP contribution >= 0.6 is 7.82 Å². The van der Waals surface area contributed by atoms with Gasteiger partial charge in [-0.15, -0.1) is 0 Å². The van der Waals surface area contributed by atoms with Gasteiger partial charge in [0.2, 0.25) is 5.91 Å². The SMILES string of the molecule is CCCCCCCCCCCCCCC/C=C/[C@@H](O)[C@H](COP(=O)(O)OCC[N+](C)(C)C)NC(=O)CCC/C=C\C/C=C\C/C=C\C/C=C\[C@H](O)CCCC. The number of carbonyl (C=O) groups excluding carboxylic acids is 1. The molecule has 1 amide bonds. The van der Waals surface area contributed by atoms with E-state index in [0.29, 0.717) is 17.4 Å². The number of allylic oxidation sites excluding steroid dienone is 8. The van der Waals surface area contributed by atoms with Crippen molar-refractivity contribution in [1.82, 2.24) is 5.32 Å². The molecule has 0 saturated carbocycles. The molecule has 55 heavy (non-hydrogen) atoms. The molecule has 0 radical (unpaired) electrons. The highest BCUT2D eigenvalue weighted by Crippen LogP contribution is 2.43. The highest BCUT2D eigenvalue weighted by atomic mass is 31.2. The van der Waals surface area contributed by atoms with Crippen LogP contribution in [-0.4, -0.2) is 84.6 Å². The monoisotopic (exact) mass is 796 g/mol. The number of quaternary nitrogens is 1. The second kappa shape index (κ2) is 36.5. The molecule has 9 nitrogen and oxygen atoms in total. The van der Waals surface area contributed by atoms with E-state index in [1.165, 1.54) is 70.6 Å². The lowest BCUT2D eigenvalue weighted by Gasteiger charge is -2.25. The molecule has 1 unspecified atom stereocenters. The summed E-state index contributed by atoms with van der Waals surface area (Å²) < 4.78 is 23.5. The van der Waals surface area contributed by atoms with Gasteiger partial charge in [-0.3, -0.25) is 13.8 Å². The number of amides is 1. The molecule has 0 saturated heterocycles. The van der Waals surface area contributed by atoms with Crippen LogP contribution in [0.3, 0.4) is 0 Å². The van der Waals surface area contributed by atoms with Crippen molar-refractivity contribution in [1.29, 1.82) is 0 Å². The number of unbranched alkanes of at least 4 members (excludes halogenated alkanes) is 15. The highest BCUT2D eigenvalue weighted by Gasteiger charge is 2.27. The number of aliphatic hydroxyl groups is 2. The van der Waals surface area contributed by atoms with Crippen molar-refractivity contribution in [2.75, 3.05) is 40.9 Å². The zero-order chi connectivity index (χ0) is 40.9. The Morgan fingerprint density at radius 3 is 1.73 bits per heavy atom. The fourth-order valence-electron chi connectivity index (χ4n) is 5.76. The van der Waals surface area contributed by atoms with Gasteiger partial charge in [0, 0.05) is 6.42 Å². The van der Waals surface area contributed by atoms with E-state index in [-0.39, 0.29) is 31.6 Å². The maximum atomic E-state index is 12.8. The molecular weight excluding hydrogens is 711 g/mol. The van der Waals surface area contributed by atoms with E-state index in [1.54, 1.807) is 6.08 Å². The van der Waals surface area contributed by atoms with E-state index in [1.807, 2.05) is 39.4 Å². The number of likely N-dealkylation sites (N-methyl/N-ethyl adjacent to an activating group) is 1. The van der Waals surface area contributed by atoms with Gasteiger partial charge in [0.05, 0.1) is 46.0 Å². The summed E-state index contributed by atoms with van der Waals surface area (Å²) in [4.78, 5) is 23.1. The van der Waals surface area contributed by atoms with Gasteiger partial charge in [-0.2, -0.15) is 0 Å². The smallest absolute Gasteiger partial charge is 0.389 e. The van der Waals surface area contributed by atoms with Gasteiger partial charge >= 0.3 is 7.82 Å². The van der Waals surface area contributed by atoms with Crippen LogP contribution < -0.4 is 5.32 Å². The highest BCUT2D eigenvalue weighted by molar-refractivity contribution is 7.47. The van der Waals surface area contributed by atoms with Crippen molar-refractivity contribution in [2.24, 2.45) is 0 Å². The zero-order valence-corrected chi connectivity index (χ0v) is 36.7. The third-order valence-corrected chi connectivity index (χ3v) is 10.3. The minimum absolute atomic E-state index is 0.0415. The molecule has 4 N–H and O–H groups in total. The minimum Gasteiger partial charge on any atom is -0.389 e. The molecule has 0 rings (SSSR count). The largest absolute Gasteiger partial charge is 0.472 e. The fraction of sp³-hybridized carbons (Fsp3) is 0.756. The Hall–Kier alpha value is -1.84. The minimum atomic E-state index is -4.36. The standard InChI is InChI=1S/C45H83N2O7P/c1-6-8-10-11-12-13-14-15-16-17-21-24-27-30-33-37-44(49)43(41-54-55(51,52)53-40-39-47(3,4)5)46-45(50)38-34-31-28-25-22-19-18-20-23-26-29-32-36-42(48)35-9-7-2/h18-19,23,25-26,28,32-33,36-37,42-44,48-49H,6-17,20-22,24,27,29-31,34-35,38-41H2,1-5H3,(H-,46,50,51,52)/p+1/b19-18-,26-23-,28-25-,36-32-,37-33+/t42-,43+,44-/m1/s1. The van der Waals surface area contributed by atoms with E-state index in [4.69, 9.17) is 9.05 Å². The van der Waals surface area contributed by atoms with E-state index >= 15 is 0 Å². The first-order chi connectivity index (χ1) is 26.4. The predicted octanol–water partition coefficient (Wildman–Crippen LogP) is 10.8. The van der Waals surface area contributed by atoms with Gasteiger partial charge in [0.15, 0.2) is 0 Å². The molecule has 320 valence electrons. The van der Waals surface area contributed by atoms with Crippen molar-refractivity contribution < 1.29 is 38.0 Å². The van der Waals surface area contributed by atoms with E-state index in [9.17, 15) is 24.5 Å². The molecule has 0 bridgehead atoms. The first kappa shape index (κ1) is 53.2. The Kier molecular flexibility index (Phi) is 35.3. The lowest BCUT2D eigenvalue weighted by Crippen LogP contribution is -2.45. The summed E-state index contributed by atoms with van der Waals surface area (Å²) in [6.07, 6.45) is 43.4. The Labute approximate surface area is 337 Å². The van der Waals surface area contributed by atoms with Crippen LogP contribution in [0, 0.1) is 0 Å². The topological polar surface area (TPSA) is 125 Å². The van der Waals surface area contributed by atoms with E-state index in [2.05, 4.69) is 55.6 Å². The zero-order valence-electron chi connectivity index (χ0n) is 35.8. The molecule has 0 aromatic carbocycles. The van der Waals surface area contributed by atoms with Crippen molar-refractivity contribution in [3.8, 4) is 0 Å². The molecule has 0 aromatic heterocycles. The molecular formula is C45H84N2O7P+. The number of hydrogen-bond acceptors (Lipinski definition) is 6. The number of hydrogen-bond donors (Lipinski definition) is 4. The molecule has 0 aromatic rings. The predicted molar refractivity (Wildman–Crippen MR) is 232 cm³/mol. The Balaban J connectivity index is 4.60. The maximum Gasteiger partial charge on any atom is 0.472 e. The first-order valence-electron chi connectivity index (χ1n) is 21.8. The van der Waals surface area contributed by atoms with Crippen molar-refractivity contribution in [3.05, 3.63) is 60.8 Å². The Bertz CT molecular complexity index is 1100. The quantitative estimate of drug-likeness (QED) is 0.0212. The molecule has 10 heteroatoms. The van der Waals surface area contributed by atoms with Gasteiger partial charge in [-0.1, -0.05) is 164 Å². The number of phosphoric acid groups is 1. The molecule has 0 fully saturated rings. The normalized spacial score (nSPS) is 15.6. The first-order valence-corrected chi connectivity index (χ1v) is 23.3. The van der Waals surface area contributed by atoms with Crippen molar-refractivity contribution in [2.45, 2.75) is 180 Å². The summed E-state index contributed by atoms with van der Waals surface area (Å²) in [7, 11) is 1.50. The third kappa shape index (κ3) is 38.8. The van der Waals surface area contributed by atoms with Gasteiger partial charge in [-0.05, 0) is 51.4 Å². The molecule has 0 heterocycles. The average Bonchev–Trinajstić information content (AvgIpc) is 3.13. The number of nitrogens with zero attached hydrogens (tertiary/aromatic N) is 1. The van der Waals surface area contributed by atoms with E-state index in [0.717, 1.165) is 64.2 Å². The molecule has 0 aliphatic carbocycles. The van der Waals surface area contributed by atoms with E-state index < -0.39 is 20.0 Å². The summed E-state index contributed by atoms with van der Waals surface area (Å²) in [6, 6.07) is -0.888. The Morgan fingerprint density at radius 2 is 1.16 bits per heavy atom. The molecule has 0 aliphatic heterocycles. The number of carbonyl (C=O) groups is 1. The third-order valence-electron chi connectivity index (χ3n) is 9.30. The summed E-state index contributed by atoms with van der Waals surface area (Å²) in [5.41, 5.74) is 0.